The van der Waals surface area contributed by atoms with Crippen LogP contribution in [0.5, 0.6) is 5.75 Å². The number of rotatable bonds is 3. The average Bonchev–Trinajstić information content (AvgIpc) is 2.39. The van der Waals surface area contributed by atoms with Crippen molar-refractivity contribution >= 4 is 11.8 Å². The summed E-state index contributed by atoms with van der Waals surface area (Å²) in [6.45, 7) is 4.40. The Bertz CT molecular complexity index is 386. The lowest BCUT2D eigenvalue weighted by Crippen LogP contribution is -2.26. The molecule has 0 saturated carbocycles. The normalized spacial score (nSPS) is 17.1. The molecule has 1 aromatic rings. The third-order valence-corrected chi connectivity index (χ3v) is 4.41. The summed E-state index contributed by atoms with van der Waals surface area (Å²) in [6.07, 6.45) is 4.57. The van der Waals surface area contributed by atoms with E-state index in [2.05, 4.69) is 30.6 Å². The average molecular weight is 251 g/mol. The van der Waals surface area contributed by atoms with E-state index in [0.29, 0.717) is 5.92 Å². The molecule has 0 aromatic heterocycles. The van der Waals surface area contributed by atoms with Crippen LogP contribution in [0, 0.1) is 6.92 Å². The van der Waals surface area contributed by atoms with Crippen molar-refractivity contribution in [3.05, 3.63) is 23.3 Å². The first-order valence-corrected chi connectivity index (χ1v) is 7.42. The summed E-state index contributed by atoms with van der Waals surface area (Å²) in [5.74, 6) is 1.71. The van der Waals surface area contributed by atoms with Gasteiger partial charge in [-0.2, -0.15) is 0 Å². The van der Waals surface area contributed by atoms with Gasteiger partial charge in [0.25, 0.3) is 0 Å². The predicted octanol–water partition coefficient (Wildman–Crippen LogP) is 3.19. The minimum Gasteiger partial charge on any atom is -0.496 e. The van der Waals surface area contributed by atoms with Gasteiger partial charge in [0.1, 0.15) is 5.75 Å². The molecule has 94 valence electrons. The SMILES string of the molecule is COc1cc(C)c(SC)cc1C1CCNCC1. The maximum atomic E-state index is 5.55. The highest BCUT2D eigenvalue weighted by Crippen LogP contribution is 2.36. The zero-order chi connectivity index (χ0) is 12.3. The highest BCUT2D eigenvalue weighted by Gasteiger charge is 2.20. The lowest BCUT2D eigenvalue weighted by molar-refractivity contribution is 0.390. The van der Waals surface area contributed by atoms with Crippen LogP contribution in [0.25, 0.3) is 0 Å². The molecule has 2 rings (SSSR count). The van der Waals surface area contributed by atoms with Crippen LogP contribution >= 0.6 is 11.8 Å². The van der Waals surface area contributed by atoms with Crippen LogP contribution in [0.1, 0.15) is 29.9 Å². The van der Waals surface area contributed by atoms with Gasteiger partial charge in [0.05, 0.1) is 7.11 Å². The molecule has 2 nitrogen and oxygen atoms in total. The van der Waals surface area contributed by atoms with Gasteiger partial charge in [-0.25, -0.2) is 0 Å². The molecular formula is C14H21NOS. The summed E-state index contributed by atoms with van der Waals surface area (Å²) in [6, 6.07) is 4.51. The summed E-state index contributed by atoms with van der Waals surface area (Å²) in [4.78, 5) is 1.37. The third kappa shape index (κ3) is 2.78. The summed E-state index contributed by atoms with van der Waals surface area (Å²) in [5.41, 5.74) is 2.70. The molecule has 0 radical (unpaired) electrons. The zero-order valence-electron chi connectivity index (χ0n) is 10.9. The minimum atomic E-state index is 0.651. The Hall–Kier alpha value is -0.670. The number of piperidine rings is 1. The minimum absolute atomic E-state index is 0.651. The van der Waals surface area contributed by atoms with Crippen molar-refractivity contribution in [1.29, 1.82) is 0 Å². The topological polar surface area (TPSA) is 21.3 Å². The number of methoxy groups -OCH3 is 1. The van der Waals surface area contributed by atoms with E-state index in [1.54, 1.807) is 7.11 Å². The molecule has 0 aliphatic carbocycles. The van der Waals surface area contributed by atoms with Gasteiger partial charge in [-0.05, 0) is 68.3 Å². The lowest BCUT2D eigenvalue weighted by atomic mass is 9.89. The van der Waals surface area contributed by atoms with Gasteiger partial charge < -0.3 is 10.1 Å². The zero-order valence-corrected chi connectivity index (χ0v) is 11.7. The number of hydrogen-bond donors (Lipinski definition) is 1. The maximum Gasteiger partial charge on any atom is 0.122 e. The van der Waals surface area contributed by atoms with Crippen LogP contribution in [0.15, 0.2) is 17.0 Å². The summed E-state index contributed by atoms with van der Waals surface area (Å²) in [5, 5.41) is 3.42. The predicted molar refractivity (Wildman–Crippen MR) is 74.4 cm³/mol. The molecular weight excluding hydrogens is 230 g/mol. The van der Waals surface area contributed by atoms with E-state index in [0.717, 1.165) is 18.8 Å². The Labute approximate surface area is 108 Å². The Morgan fingerprint density at radius 1 is 1.29 bits per heavy atom. The van der Waals surface area contributed by atoms with Crippen LogP contribution in [-0.4, -0.2) is 26.5 Å². The van der Waals surface area contributed by atoms with E-state index in [1.165, 1.54) is 28.9 Å². The fraction of sp³-hybridized carbons (Fsp3) is 0.571. The fourth-order valence-corrected chi connectivity index (χ4v) is 3.15. The van der Waals surface area contributed by atoms with Crippen molar-refractivity contribution < 1.29 is 4.74 Å². The van der Waals surface area contributed by atoms with Gasteiger partial charge in [-0.1, -0.05) is 0 Å². The number of hydrogen-bond acceptors (Lipinski definition) is 3. The molecule has 1 saturated heterocycles. The number of benzene rings is 1. The van der Waals surface area contributed by atoms with Crippen LogP contribution in [-0.2, 0) is 0 Å². The number of ether oxygens (including phenoxy) is 1. The lowest BCUT2D eigenvalue weighted by Gasteiger charge is -2.25. The number of aryl methyl sites for hydroxylation is 1. The van der Waals surface area contributed by atoms with Gasteiger partial charge in [0.2, 0.25) is 0 Å². The second-order valence-corrected chi connectivity index (χ2v) is 5.44. The van der Waals surface area contributed by atoms with Crippen molar-refractivity contribution in [3.63, 3.8) is 0 Å². The first-order valence-electron chi connectivity index (χ1n) is 6.19. The molecule has 0 unspecified atom stereocenters. The number of thioether (sulfide) groups is 1. The van der Waals surface area contributed by atoms with Gasteiger partial charge in [-0.15, -0.1) is 11.8 Å². The number of nitrogens with one attached hydrogen (secondary N) is 1. The first-order chi connectivity index (χ1) is 8.26. The third-order valence-electron chi connectivity index (χ3n) is 3.53. The van der Waals surface area contributed by atoms with Crippen molar-refractivity contribution in [2.75, 3.05) is 26.5 Å². The van der Waals surface area contributed by atoms with Gasteiger partial charge in [-0.3, -0.25) is 0 Å². The summed E-state index contributed by atoms with van der Waals surface area (Å²) >= 11 is 1.82. The first kappa shape index (κ1) is 12.8. The largest absolute Gasteiger partial charge is 0.496 e. The highest BCUT2D eigenvalue weighted by atomic mass is 32.2. The molecule has 1 fully saturated rings. The molecule has 3 heteroatoms. The van der Waals surface area contributed by atoms with Crippen molar-refractivity contribution in [2.45, 2.75) is 30.6 Å². The van der Waals surface area contributed by atoms with Crippen molar-refractivity contribution in [2.24, 2.45) is 0 Å². The Morgan fingerprint density at radius 3 is 2.59 bits per heavy atom. The smallest absolute Gasteiger partial charge is 0.122 e. The monoisotopic (exact) mass is 251 g/mol. The molecule has 1 aromatic carbocycles. The molecule has 1 aliphatic rings. The van der Waals surface area contributed by atoms with E-state index in [1.807, 2.05) is 11.8 Å². The van der Waals surface area contributed by atoms with Crippen LogP contribution in [0.2, 0.25) is 0 Å². The van der Waals surface area contributed by atoms with E-state index in [-0.39, 0.29) is 0 Å². The van der Waals surface area contributed by atoms with Gasteiger partial charge in [0, 0.05) is 4.90 Å². The van der Waals surface area contributed by atoms with Gasteiger partial charge in [0.15, 0.2) is 0 Å². The molecule has 1 heterocycles. The molecule has 17 heavy (non-hydrogen) atoms. The van der Waals surface area contributed by atoms with Crippen LogP contribution in [0.3, 0.4) is 0 Å². The van der Waals surface area contributed by atoms with Crippen LogP contribution < -0.4 is 10.1 Å². The molecule has 1 N–H and O–H groups in total. The van der Waals surface area contributed by atoms with Crippen LogP contribution in [0.4, 0.5) is 0 Å². The molecule has 0 bridgehead atoms. The summed E-state index contributed by atoms with van der Waals surface area (Å²) < 4.78 is 5.55. The van der Waals surface area contributed by atoms with E-state index in [4.69, 9.17) is 4.74 Å². The van der Waals surface area contributed by atoms with E-state index < -0.39 is 0 Å². The Kier molecular flexibility index (Phi) is 4.35. The second kappa shape index (κ2) is 5.78. The molecule has 0 amide bonds. The second-order valence-electron chi connectivity index (χ2n) is 4.59. The quantitative estimate of drug-likeness (QED) is 0.834. The highest BCUT2D eigenvalue weighted by molar-refractivity contribution is 7.98. The van der Waals surface area contributed by atoms with Crippen molar-refractivity contribution in [3.8, 4) is 5.75 Å². The van der Waals surface area contributed by atoms with Crippen molar-refractivity contribution in [1.82, 2.24) is 5.32 Å². The fourth-order valence-electron chi connectivity index (χ4n) is 2.53. The maximum absolute atomic E-state index is 5.55. The van der Waals surface area contributed by atoms with Gasteiger partial charge >= 0.3 is 0 Å². The Morgan fingerprint density at radius 2 is 2.00 bits per heavy atom. The molecule has 1 aliphatic heterocycles. The molecule has 0 spiro atoms. The Balaban J connectivity index is 2.35. The standard InChI is InChI=1S/C14H21NOS/c1-10-8-13(16-2)12(9-14(10)17-3)11-4-6-15-7-5-11/h8-9,11,15H,4-7H2,1-3H3. The molecule has 0 atom stereocenters. The van der Waals surface area contributed by atoms with E-state index >= 15 is 0 Å². The summed E-state index contributed by atoms with van der Waals surface area (Å²) in [7, 11) is 1.78. The van der Waals surface area contributed by atoms with E-state index in [9.17, 15) is 0 Å².